The van der Waals surface area contributed by atoms with Gasteiger partial charge in [-0.2, -0.15) is 0 Å². The molecule has 1 aromatic rings. The summed E-state index contributed by atoms with van der Waals surface area (Å²) in [5.74, 6) is -0.318. The van der Waals surface area contributed by atoms with E-state index in [0.29, 0.717) is 35.4 Å². The summed E-state index contributed by atoms with van der Waals surface area (Å²) in [6.07, 6.45) is 10.5. The zero-order valence-corrected chi connectivity index (χ0v) is 19.4. The molecule has 0 radical (unpaired) electrons. The van der Waals surface area contributed by atoms with Crippen LogP contribution in [0.2, 0.25) is 0 Å². The van der Waals surface area contributed by atoms with Gasteiger partial charge in [0, 0.05) is 11.6 Å². The standard InChI is InChI=1S/C26H35N3O3/c1-4-26(2,3)18-12-14-19(15-13-18)27-23(30)17-8-7-9-20(16-17)29-25(32)22-11-6-5-10-21(22)24(31)28-29/h5-9,16,18-19,21-22H,4,10-15H2,1-3H3,(H,27,30)(H,28,31). The molecule has 2 fully saturated rings. The van der Waals surface area contributed by atoms with Crippen LogP contribution < -0.4 is 15.8 Å². The monoisotopic (exact) mass is 437 g/mol. The molecule has 1 aromatic carbocycles. The van der Waals surface area contributed by atoms with Gasteiger partial charge < -0.3 is 5.32 Å². The van der Waals surface area contributed by atoms with Gasteiger partial charge in [0.2, 0.25) is 11.8 Å². The second kappa shape index (κ2) is 9.08. The zero-order valence-electron chi connectivity index (χ0n) is 19.4. The topological polar surface area (TPSA) is 78.5 Å². The Balaban J connectivity index is 1.41. The largest absolute Gasteiger partial charge is 0.349 e. The number of nitrogens with zero attached hydrogens (tertiary/aromatic N) is 1. The van der Waals surface area contributed by atoms with E-state index in [-0.39, 0.29) is 35.6 Å². The fourth-order valence-corrected chi connectivity index (χ4v) is 5.35. The lowest BCUT2D eigenvalue weighted by molar-refractivity contribution is -0.139. The number of nitrogens with one attached hydrogen (secondary N) is 2. The van der Waals surface area contributed by atoms with Crippen LogP contribution in [-0.4, -0.2) is 23.8 Å². The maximum absolute atomic E-state index is 13.0. The molecule has 3 aliphatic rings. The van der Waals surface area contributed by atoms with Crippen LogP contribution in [0.5, 0.6) is 0 Å². The van der Waals surface area contributed by atoms with E-state index in [1.807, 2.05) is 12.2 Å². The van der Waals surface area contributed by atoms with Gasteiger partial charge >= 0.3 is 0 Å². The second-order valence-corrected chi connectivity index (χ2v) is 10.2. The van der Waals surface area contributed by atoms with E-state index in [0.717, 1.165) is 25.7 Å². The highest BCUT2D eigenvalue weighted by atomic mass is 16.2. The first-order valence-electron chi connectivity index (χ1n) is 12.0. The minimum atomic E-state index is -0.339. The van der Waals surface area contributed by atoms with Crippen molar-refractivity contribution in [2.45, 2.75) is 71.8 Å². The highest BCUT2D eigenvalue weighted by Gasteiger charge is 2.42. The van der Waals surface area contributed by atoms with E-state index >= 15 is 0 Å². The molecular weight excluding hydrogens is 402 g/mol. The number of hydrogen-bond acceptors (Lipinski definition) is 3. The molecule has 32 heavy (non-hydrogen) atoms. The Morgan fingerprint density at radius 3 is 2.47 bits per heavy atom. The average Bonchev–Trinajstić information content (AvgIpc) is 2.82. The molecule has 2 atom stereocenters. The Labute approximate surface area is 190 Å². The molecule has 3 amide bonds. The summed E-state index contributed by atoms with van der Waals surface area (Å²) in [5.41, 5.74) is 4.11. The van der Waals surface area contributed by atoms with Crippen molar-refractivity contribution < 1.29 is 14.4 Å². The molecule has 1 aliphatic heterocycles. The number of hydrogen-bond donors (Lipinski definition) is 2. The normalized spacial score (nSPS) is 28.2. The number of rotatable bonds is 5. The molecule has 1 saturated carbocycles. The summed E-state index contributed by atoms with van der Waals surface area (Å²) in [7, 11) is 0. The molecule has 2 aliphatic carbocycles. The van der Waals surface area contributed by atoms with E-state index in [9.17, 15) is 14.4 Å². The number of amides is 3. The zero-order chi connectivity index (χ0) is 22.9. The van der Waals surface area contributed by atoms with E-state index in [2.05, 4.69) is 31.5 Å². The van der Waals surface area contributed by atoms with Gasteiger partial charge in [-0.3, -0.25) is 19.8 Å². The molecule has 6 nitrogen and oxygen atoms in total. The second-order valence-electron chi connectivity index (χ2n) is 10.2. The van der Waals surface area contributed by atoms with Gasteiger partial charge in [0.25, 0.3) is 5.91 Å². The summed E-state index contributed by atoms with van der Waals surface area (Å²) < 4.78 is 0. The Morgan fingerprint density at radius 2 is 1.78 bits per heavy atom. The Morgan fingerprint density at radius 1 is 1.09 bits per heavy atom. The lowest BCUT2D eigenvalue weighted by Crippen LogP contribution is -2.59. The van der Waals surface area contributed by atoms with Crippen molar-refractivity contribution in [3.63, 3.8) is 0 Å². The molecule has 0 aromatic heterocycles. The molecule has 2 N–H and O–H groups in total. The molecular formula is C26H35N3O3. The molecule has 0 bridgehead atoms. The van der Waals surface area contributed by atoms with Crippen molar-refractivity contribution in [1.29, 1.82) is 0 Å². The van der Waals surface area contributed by atoms with Crippen LogP contribution >= 0.6 is 0 Å². The van der Waals surface area contributed by atoms with Crippen LogP contribution in [0.25, 0.3) is 0 Å². The maximum Gasteiger partial charge on any atom is 0.251 e. The third-order valence-corrected chi connectivity index (χ3v) is 7.97. The fourth-order valence-electron chi connectivity index (χ4n) is 5.35. The SMILES string of the molecule is CCC(C)(C)C1CCC(NC(=O)c2cccc(N3NC(=O)C4CC=CCC4C3=O)c2)CC1. The lowest BCUT2D eigenvalue weighted by atomic mass is 9.69. The molecule has 172 valence electrons. The van der Waals surface area contributed by atoms with Crippen LogP contribution in [0, 0.1) is 23.2 Å². The molecule has 1 saturated heterocycles. The fraction of sp³-hybridized carbons (Fsp3) is 0.577. The summed E-state index contributed by atoms with van der Waals surface area (Å²) in [6, 6.07) is 7.15. The Bertz CT molecular complexity index is 915. The van der Waals surface area contributed by atoms with E-state index in [1.54, 1.807) is 24.3 Å². The lowest BCUT2D eigenvalue weighted by Gasteiger charge is -2.39. The predicted octanol–water partition coefficient (Wildman–Crippen LogP) is 4.37. The predicted molar refractivity (Wildman–Crippen MR) is 125 cm³/mol. The van der Waals surface area contributed by atoms with Crippen LogP contribution in [0.4, 0.5) is 5.69 Å². The third kappa shape index (κ3) is 4.45. The summed E-state index contributed by atoms with van der Waals surface area (Å²) in [4.78, 5) is 38.5. The highest BCUT2D eigenvalue weighted by molar-refractivity contribution is 6.05. The molecule has 2 unspecified atom stereocenters. The summed E-state index contributed by atoms with van der Waals surface area (Å²) in [6.45, 7) is 6.94. The van der Waals surface area contributed by atoms with Gasteiger partial charge in [0.05, 0.1) is 17.5 Å². The number of fused-ring (bicyclic) bond motifs is 1. The van der Waals surface area contributed by atoms with Gasteiger partial charge in [0.15, 0.2) is 0 Å². The Hall–Kier alpha value is -2.63. The van der Waals surface area contributed by atoms with Crippen molar-refractivity contribution in [3.05, 3.63) is 42.0 Å². The quantitative estimate of drug-likeness (QED) is 0.672. The minimum absolute atomic E-state index is 0.117. The number of benzene rings is 1. The molecule has 4 rings (SSSR count). The third-order valence-electron chi connectivity index (χ3n) is 7.97. The first-order valence-corrected chi connectivity index (χ1v) is 12.0. The van der Waals surface area contributed by atoms with Gasteiger partial charge in [-0.25, -0.2) is 5.01 Å². The van der Waals surface area contributed by atoms with Gasteiger partial charge in [-0.1, -0.05) is 45.4 Å². The first kappa shape index (κ1) is 22.6. The van der Waals surface area contributed by atoms with Gasteiger partial charge in [-0.15, -0.1) is 0 Å². The molecule has 1 heterocycles. The van der Waals surface area contributed by atoms with Crippen molar-refractivity contribution >= 4 is 23.4 Å². The molecule has 0 spiro atoms. The highest BCUT2D eigenvalue weighted by Crippen LogP contribution is 2.40. The van der Waals surface area contributed by atoms with Crippen molar-refractivity contribution in [1.82, 2.24) is 10.7 Å². The summed E-state index contributed by atoms with van der Waals surface area (Å²) >= 11 is 0. The minimum Gasteiger partial charge on any atom is -0.349 e. The van der Waals surface area contributed by atoms with Crippen LogP contribution in [-0.2, 0) is 9.59 Å². The maximum atomic E-state index is 13.0. The number of hydrazine groups is 1. The number of carbonyl (C=O) groups excluding carboxylic acids is 3. The van der Waals surface area contributed by atoms with Crippen LogP contribution in [0.1, 0.15) is 76.1 Å². The van der Waals surface area contributed by atoms with Gasteiger partial charge in [-0.05, 0) is 68.1 Å². The van der Waals surface area contributed by atoms with E-state index in [1.165, 1.54) is 11.4 Å². The number of allylic oxidation sites excluding steroid dienone is 2. The van der Waals surface area contributed by atoms with Crippen molar-refractivity contribution in [2.24, 2.45) is 23.2 Å². The molecule has 6 heteroatoms. The van der Waals surface area contributed by atoms with Gasteiger partial charge in [0.1, 0.15) is 0 Å². The van der Waals surface area contributed by atoms with Crippen molar-refractivity contribution in [2.75, 3.05) is 5.01 Å². The van der Waals surface area contributed by atoms with E-state index < -0.39 is 0 Å². The van der Waals surface area contributed by atoms with Crippen molar-refractivity contribution in [3.8, 4) is 0 Å². The smallest absolute Gasteiger partial charge is 0.251 e. The van der Waals surface area contributed by atoms with Crippen LogP contribution in [0.3, 0.4) is 0 Å². The Kier molecular flexibility index (Phi) is 6.40. The summed E-state index contributed by atoms with van der Waals surface area (Å²) in [5, 5.41) is 4.50. The first-order chi connectivity index (χ1) is 15.3. The average molecular weight is 438 g/mol. The number of anilines is 1. The number of carbonyl (C=O) groups is 3. The van der Waals surface area contributed by atoms with E-state index in [4.69, 9.17) is 0 Å². The van der Waals surface area contributed by atoms with Crippen LogP contribution in [0.15, 0.2) is 36.4 Å².